The Morgan fingerprint density at radius 2 is 2.12 bits per heavy atom. The lowest BCUT2D eigenvalue weighted by Crippen LogP contribution is -2.40. The fourth-order valence-electron chi connectivity index (χ4n) is 3.44. The summed E-state index contributed by atoms with van der Waals surface area (Å²) in [5, 5.41) is 7.68. The molecule has 1 aliphatic heterocycles. The van der Waals surface area contributed by atoms with Gasteiger partial charge in [0, 0.05) is 45.3 Å². The molecule has 1 aromatic carbocycles. The van der Waals surface area contributed by atoms with Gasteiger partial charge in [-0.3, -0.25) is 9.67 Å². The Kier molecular flexibility index (Phi) is 8.41. The normalized spacial score (nSPS) is 17.2. The number of likely N-dealkylation sites (tertiary alicyclic amines) is 1. The van der Waals surface area contributed by atoms with Crippen molar-refractivity contribution < 1.29 is 0 Å². The van der Waals surface area contributed by atoms with Crippen LogP contribution in [0.25, 0.3) is 0 Å². The highest BCUT2D eigenvalue weighted by Gasteiger charge is 2.25. The Morgan fingerprint density at radius 1 is 1.31 bits per heavy atom. The second-order valence-corrected chi connectivity index (χ2v) is 6.70. The summed E-state index contributed by atoms with van der Waals surface area (Å²) < 4.78 is 1.86. The second kappa shape index (κ2) is 10.5. The van der Waals surface area contributed by atoms with E-state index in [1.807, 2.05) is 17.9 Å². The van der Waals surface area contributed by atoms with E-state index in [0.717, 1.165) is 45.0 Å². The van der Waals surface area contributed by atoms with Gasteiger partial charge in [0.05, 0.1) is 6.20 Å². The van der Waals surface area contributed by atoms with Crippen LogP contribution in [0, 0.1) is 0 Å². The first-order chi connectivity index (χ1) is 12.3. The summed E-state index contributed by atoms with van der Waals surface area (Å²) in [5.74, 6) is 1.67. The second-order valence-electron chi connectivity index (χ2n) is 6.70. The molecule has 1 fully saturated rings. The molecule has 1 atom stereocenters. The van der Waals surface area contributed by atoms with Crippen LogP contribution < -0.4 is 5.32 Å². The highest BCUT2D eigenvalue weighted by Crippen LogP contribution is 2.26. The Morgan fingerprint density at radius 3 is 2.81 bits per heavy atom. The number of aliphatic imine (C=N–C) groups is 1. The Bertz CT molecular complexity index is 683. The first kappa shape index (κ1) is 20.7. The molecule has 6 heteroatoms. The molecule has 142 valence electrons. The maximum atomic E-state index is 4.85. The number of guanidine groups is 1. The molecule has 3 rings (SSSR count). The zero-order valence-electron chi connectivity index (χ0n) is 15.8. The Hall–Kier alpha value is -1.57. The molecule has 1 unspecified atom stereocenters. The number of aromatic nitrogens is 2. The highest BCUT2D eigenvalue weighted by molar-refractivity contribution is 14.0. The van der Waals surface area contributed by atoms with E-state index in [-0.39, 0.29) is 24.0 Å². The van der Waals surface area contributed by atoms with Crippen LogP contribution in [-0.4, -0.2) is 46.8 Å². The van der Waals surface area contributed by atoms with Gasteiger partial charge in [0.2, 0.25) is 0 Å². The van der Waals surface area contributed by atoms with Crippen LogP contribution in [0.4, 0.5) is 0 Å². The first-order valence-electron chi connectivity index (χ1n) is 9.32. The van der Waals surface area contributed by atoms with Crippen LogP contribution in [0.3, 0.4) is 0 Å². The summed E-state index contributed by atoms with van der Waals surface area (Å²) in [5.41, 5.74) is 2.73. The molecule has 2 aromatic rings. The standard InChI is InChI=1S/C20H29N5.HI/c1-3-21-20(22-12-7-8-17-14-23-24(2)15-17)25-13-11-19(16-25)18-9-5-4-6-10-18;/h4-6,9-10,14-15,19H,3,7-8,11-13,16H2,1-2H3,(H,21,22);1H. The van der Waals surface area contributed by atoms with Gasteiger partial charge in [0.1, 0.15) is 0 Å². The molecule has 0 saturated carbocycles. The van der Waals surface area contributed by atoms with Crippen molar-refractivity contribution in [1.82, 2.24) is 20.0 Å². The summed E-state index contributed by atoms with van der Waals surface area (Å²) in [4.78, 5) is 7.26. The Balaban J connectivity index is 0.00000243. The molecule has 5 nitrogen and oxygen atoms in total. The molecule has 1 aromatic heterocycles. The lowest BCUT2D eigenvalue weighted by molar-refractivity contribution is 0.485. The number of nitrogens with one attached hydrogen (secondary N) is 1. The summed E-state index contributed by atoms with van der Waals surface area (Å²) >= 11 is 0. The average molecular weight is 467 g/mol. The van der Waals surface area contributed by atoms with Crippen molar-refractivity contribution in [1.29, 1.82) is 0 Å². The van der Waals surface area contributed by atoms with Gasteiger partial charge >= 0.3 is 0 Å². The van der Waals surface area contributed by atoms with Gasteiger partial charge in [0.25, 0.3) is 0 Å². The molecule has 0 amide bonds. The third-order valence-electron chi connectivity index (χ3n) is 4.74. The number of nitrogens with zero attached hydrogens (tertiary/aromatic N) is 4. The third-order valence-corrected chi connectivity index (χ3v) is 4.74. The van der Waals surface area contributed by atoms with Crippen LogP contribution >= 0.6 is 24.0 Å². The molecule has 1 N–H and O–H groups in total. The quantitative estimate of drug-likeness (QED) is 0.307. The van der Waals surface area contributed by atoms with E-state index in [4.69, 9.17) is 4.99 Å². The van der Waals surface area contributed by atoms with E-state index in [2.05, 4.69) is 58.8 Å². The van der Waals surface area contributed by atoms with Crippen molar-refractivity contribution in [2.24, 2.45) is 12.0 Å². The minimum absolute atomic E-state index is 0. The SMILES string of the molecule is CCNC(=NCCCc1cnn(C)c1)N1CCC(c2ccccc2)C1.I. The summed E-state index contributed by atoms with van der Waals surface area (Å²) in [7, 11) is 1.96. The maximum absolute atomic E-state index is 4.85. The van der Waals surface area contributed by atoms with Crippen LogP contribution in [0.2, 0.25) is 0 Å². The number of aryl methyl sites for hydroxylation is 2. The molecule has 2 heterocycles. The average Bonchev–Trinajstić information content (AvgIpc) is 3.28. The van der Waals surface area contributed by atoms with Crippen molar-refractivity contribution in [3.63, 3.8) is 0 Å². The molecular weight excluding hydrogens is 437 g/mol. The third kappa shape index (κ3) is 5.72. The van der Waals surface area contributed by atoms with Gasteiger partial charge in [-0.1, -0.05) is 30.3 Å². The van der Waals surface area contributed by atoms with E-state index in [1.54, 1.807) is 0 Å². The first-order valence-corrected chi connectivity index (χ1v) is 9.32. The van der Waals surface area contributed by atoms with E-state index in [1.165, 1.54) is 17.5 Å². The topological polar surface area (TPSA) is 45.5 Å². The predicted octanol–water partition coefficient (Wildman–Crippen LogP) is 3.43. The monoisotopic (exact) mass is 467 g/mol. The van der Waals surface area contributed by atoms with E-state index >= 15 is 0 Å². The van der Waals surface area contributed by atoms with Gasteiger partial charge < -0.3 is 10.2 Å². The van der Waals surface area contributed by atoms with E-state index < -0.39 is 0 Å². The van der Waals surface area contributed by atoms with Gasteiger partial charge in [-0.2, -0.15) is 5.10 Å². The number of hydrogen-bond acceptors (Lipinski definition) is 2. The minimum Gasteiger partial charge on any atom is -0.357 e. The molecule has 0 radical (unpaired) electrons. The van der Waals surface area contributed by atoms with Crippen LogP contribution in [0.5, 0.6) is 0 Å². The fourth-order valence-corrected chi connectivity index (χ4v) is 3.44. The number of hydrogen-bond donors (Lipinski definition) is 1. The molecule has 1 saturated heterocycles. The summed E-state index contributed by atoms with van der Waals surface area (Å²) in [6.45, 7) is 6.03. The molecule has 0 bridgehead atoms. The maximum Gasteiger partial charge on any atom is 0.193 e. The number of halogens is 1. The smallest absolute Gasteiger partial charge is 0.193 e. The largest absolute Gasteiger partial charge is 0.357 e. The van der Waals surface area contributed by atoms with E-state index in [0.29, 0.717) is 5.92 Å². The minimum atomic E-state index is 0. The van der Waals surface area contributed by atoms with Crippen molar-refractivity contribution in [2.45, 2.75) is 32.1 Å². The predicted molar refractivity (Wildman–Crippen MR) is 118 cm³/mol. The van der Waals surface area contributed by atoms with Crippen molar-refractivity contribution in [3.8, 4) is 0 Å². The molecule has 0 spiro atoms. The lowest BCUT2D eigenvalue weighted by atomic mass is 9.99. The van der Waals surface area contributed by atoms with Gasteiger partial charge in [-0.25, -0.2) is 0 Å². The van der Waals surface area contributed by atoms with Crippen LogP contribution in [0.15, 0.2) is 47.7 Å². The van der Waals surface area contributed by atoms with Gasteiger partial charge in [0.15, 0.2) is 5.96 Å². The van der Waals surface area contributed by atoms with Crippen LogP contribution in [0.1, 0.15) is 36.8 Å². The molecule has 1 aliphatic rings. The van der Waals surface area contributed by atoms with Crippen LogP contribution in [-0.2, 0) is 13.5 Å². The summed E-state index contributed by atoms with van der Waals surface area (Å²) in [6.07, 6.45) is 7.31. The van der Waals surface area contributed by atoms with Crippen molar-refractivity contribution >= 4 is 29.9 Å². The molecule has 0 aliphatic carbocycles. The zero-order valence-corrected chi connectivity index (χ0v) is 18.1. The highest BCUT2D eigenvalue weighted by atomic mass is 127. The fraction of sp³-hybridized carbons (Fsp3) is 0.500. The van der Waals surface area contributed by atoms with E-state index in [9.17, 15) is 0 Å². The number of benzene rings is 1. The Labute approximate surface area is 173 Å². The van der Waals surface area contributed by atoms with Crippen molar-refractivity contribution in [2.75, 3.05) is 26.2 Å². The molecule has 26 heavy (non-hydrogen) atoms. The van der Waals surface area contributed by atoms with Crippen molar-refractivity contribution in [3.05, 3.63) is 53.9 Å². The lowest BCUT2D eigenvalue weighted by Gasteiger charge is -2.21. The summed E-state index contributed by atoms with van der Waals surface area (Å²) in [6, 6.07) is 10.8. The van der Waals surface area contributed by atoms with Gasteiger partial charge in [-0.15, -0.1) is 24.0 Å². The number of rotatable bonds is 6. The zero-order chi connectivity index (χ0) is 17.5. The van der Waals surface area contributed by atoms with Gasteiger partial charge in [-0.05, 0) is 37.3 Å². The molecular formula is C20H30IN5.